The van der Waals surface area contributed by atoms with E-state index in [1.54, 1.807) is 26.4 Å². The number of carbonyl (C=O) groups is 1. The summed E-state index contributed by atoms with van der Waals surface area (Å²) in [5, 5.41) is 13.7. The monoisotopic (exact) mass is 528 g/mol. The van der Waals surface area contributed by atoms with Gasteiger partial charge in [-0.3, -0.25) is 9.69 Å². The van der Waals surface area contributed by atoms with Crippen molar-refractivity contribution < 1.29 is 28.8 Å². The van der Waals surface area contributed by atoms with Gasteiger partial charge in [-0.05, 0) is 71.7 Å². The lowest BCUT2D eigenvalue weighted by atomic mass is 9.93. The minimum absolute atomic E-state index is 0.0108. The van der Waals surface area contributed by atoms with Crippen molar-refractivity contribution in [3.05, 3.63) is 76.9 Å². The van der Waals surface area contributed by atoms with Gasteiger partial charge in [-0.2, -0.15) is 0 Å². The van der Waals surface area contributed by atoms with Gasteiger partial charge >= 0.3 is 0 Å². The van der Waals surface area contributed by atoms with Crippen molar-refractivity contribution in [1.29, 1.82) is 0 Å². The Kier molecular flexibility index (Phi) is 6.79. The number of phenolic OH excluding ortho intramolecular Hbond substituents is 1. The second-order valence-corrected chi connectivity index (χ2v) is 10.3. The normalized spacial score (nSPS) is 20.5. The minimum Gasteiger partial charge on any atom is -0.504 e. The summed E-state index contributed by atoms with van der Waals surface area (Å²) in [5.74, 6) is 3.20. The predicted octanol–water partition coefficient (Wildman–Crippen LogP) is 4.51. The lowest BCUT2D eigenvalue weighted by Gasteiger charge is -2.23. The van der Waals surface area contributed by atoms with Gasteiger partial charge in [0.15, 0.2) is 23.0 Å². The number of carbonyl (C=O) groups excluding carboxylic acids is 1. The quantitative estimate of drug-likeness (QED) is 0.515. The number of aryl methyl sites for hydroxylation is 1. The lowest BCUT2D eigenvalue weighted by Crippen LogP contribution is -2.40. The Morgan fingerprint density at radius 1 is 0.974 bits per heavy atom. The molecule has 1 fully saturated rings. The van der Waals surface area contributed by atoms with E-state index in [0.717, 1.165) is 47.8 Å². The molecule has 1 saturated heterocycles. The van der Waals surface area contributed by atoms with Gasteiger partial charge in [0, 0.05) is 43.6 Å². The number of methoxy groups -OCH3 is 2. The third-order valence-electron chi connectivity index (χ3n) is 7.66. The SMILES string of the molecule is COc1ccc2c(c1)C=C(CN1C[C@H]3NC(=O)CCc4ccc(O)c(c4)Oc4cc(ccc4OC)[C@@H]3C1)CO2. The smallest absolute Gasteiger partial charge is 0.220 e. The van der Waals surface area contributed by atoms with Crippen LogP contribution in [0.3, 0.4) is 0 Å². The van der Waals surface area contributed by atoms with Crippen LogP contribution in [0.5, 0.6) is 34.5 Å². The molecule has 1 amide bonds. The molecule has 8 heteroatoms. The van der Waals surface area contributed by atoms with Gasteiger partial charge in [0.2, 0.25) is 5.91 Å². The molecule has 2 atom stereocenters. The molecule has 0 unspecified atom stereocenters. The highest BCUT2D eigenvalue weighted by molar-refractivity contribution is 5.77. The number of nitrogens with one attached hydrogen (secondary N) is 1. The molecule has 3 aliphatic heterocycles. The number of amides is 1. The molecule has 3 heterocycles. The highest BCUT2D eigenvalue weighted by Gasteiger charge is 2.36. The summed E-state index contributed by atoms with van der Waals surface area (Å²) in [6.07, 6.45) is 3.07. The summed E-state index contributed by atoms with van der Waals surface area (Å²) < 4.78 is 23.1. The first-order valence-electron chi connectivity index (χ1n) is 13.2. The Bertz CT molecular complexity index is 1430. The molecular weight excluding hydrogens is 496 g/mol. The number of hydrogen-bond donors (Lipinski definition) is 2. The number of fused-ring (bicyclic) bond motifs is 7. The summed E-state index contributed by atoms with van der Waals surface area (Å²) in [7, 11) is 3.26. The fraction of sp³-hybridized carbons (Fsp3) is 0.323. The van der Waals surface area contributed by atoms with E-state index in [0.29, 0.717) is 36.7 Å². The predicted molar refractivity (Wildman–Crippen MR) is 147 cm³/mol. The first-order valence-corrected chi connectivity index (χ1v) is 13.2. The van der Waals surface area contributed by atoms with E-state index in [1.807, 2.05) is 42.5 Å². The van der Waals surface area contributed by atoms with Gasteiger partial charge in [0.1, 0.15) is 18.1 Å². The molecule has 0 spiro atoms. The van der Waals surface area contributed by atoms with Crippen molar-refractivity contribution in [1.82, 2.24) is 10.2 Å². The minimum atomic E-state index is -0.0616. The van der Waals surface area contributed by atoms with Gasteiger partial charge in [-0.25, -0.2) is 0 Å². The van der Waals surface area contributed by atoms with Crippen LogP contribution in [0.4, 0.5) is 0 Å². The Labute approximate surface area is 227 Å². The number of benzene rings is 3. The van der Waals surface area contributed by atoms with Gasteiger partial charge in [-0.1, -0.05) is 12.1 Å². The maximum atomic E-state index is 13.0. The van der Waals surface area contributed by atoms with Crippen molar-refractivity contribution in [3.8, 4) is 34.5 Å². The van der Waals surface area contributed by atoms with Crippen LogP contribution < -0.4 is 24.3 Å². The molecule has 39 heavy (non-hydrogen) atoms. The topological polar surface area (TPSA) is 89.5 Å². The molecule has 3 aromatic carbocycles. The molecule has 0 aromatic heterocycles. The van der Waals surface area contributed by atoms with Crippen LogP contribution in [-0.2, 0) is 11.2 Å². The van der Waals surface area contributed by atoms with E-state index in [4.69, 9.17) is 18.9 Å². The Hall–Kier alpha value is -4.17. The molecule has 6 rings (SSSR count). The molecular formula is C31H32N2O6. The zero-order valence-corrected chi connectivity index (χ0v) is 22.1. The largest absolute Gasteiger partial charge is 0.504 e. The number of aromatic hydroxyl groups is 1. The number of phenols is 1. The third-order valence-corrected chi connectivity index (χ3v) is 7.66. The Morgan fingerprint density at radius 2 is 1.87 bits per heavy atom. The van der Waals surface area contributed by atoms with Gasteiger partial charge in [-0.15, -0.1) is 0 Å². The van der Waals surface area contributed by atoms with Crippen molar-refractivity contribution >= 4 is 12.0 Å². The van der Waals surface area contributed by atoms with E-state index < -0.39 is 0 Å². The fourth-order valence-corrected chi connectivity index (χ4v) is 5.66. The maximum Gasteiger partial charge on any atom is 0.220 e. The summed E-state index contributed by atoms with van der Waals surface area (Å²) in [5.41, 5.74) is 4.13. The standard InChI is InChI=1S/C31H32N2O6/c1-36-23-6-9-27-22(13-23)11-20(18-38-27)15-33-16-24-21-5-8-28(37-2)30(14-21)39-29-12-19(3-7-26(29)34)4-10-31(35)32-25(24)17-33/h3,5-9,11-14,24-25,34H,4,10,15-18H2,1-2H3,(H,32,35)/t24-,25+/m0/s1. The van der Waals surface area contributed by atoms with Crippen LogP contribution in [0, 0.1) is 0 Å². The molecule has 0 radical (unpaired) electrons. The van der Waals surface area contributed by atoms with E-state index in [1.165, 1.54) is 5.57 Å². The van der Waals surface area contributed by atoms with E-state index in [-0.39, 0.29) is 23.6 Å². The number of likely N-dealkylation sites (tertiary alicyclic amines) is 1. The lowest BCUT2D eigenvalue weighted by molar-refractivity contribution is -0.121. The van der Waals surface area contributed by atoms with Crippen LogP contribution in [-0.4, -0.2) is 62.4 Å². The molecule has 0 aliphatic carbocycles. The highest BCUT2D eigenvalue weighted by Crippen LogP contribution is 2.40. The van der Waals surface area contributed by atoms with Crippen LogP contribution in [0.1, 0.15) is 29.0 Å². The van der Waals surface area contributed by atoms with Gasteiger partial charge in [0.05, 0.1) is 14.2 Å². The molecule has 202 valence electrons. The number of hydrogen-bond acceptors (Lipinski definition) is 7. The molecule has 3 aliphatic rings. The second-order valence-electron chi connectivity index (χ2n) is 10.3. The number of ether oxygens (including phenoxy) is 4. The summed E-state index contributed by atoms with van der Waals surface area (Å²) in [4.78, 5) is 15.4. The average molecular weight is 529 g/mol. The first-order chi connectivity index (χ1) is 19.0. The Morgan fingerprint density at radius 3 is 2.72 bits per heavy atom. The van der Waals surface area contributed by atoms with Crippen molar-refractivity contribution in [2.45, 2.75) is 24.8 Å². The van der Waals surface area contributed by atoms with E-state index >= 15 is 0 Å². The number of rotatable bonds is 4. The molecule has 4 bridgehead atoms. The summed E-state index contributed by atoms with van der Waals surface area (Å²) >= 11 is 0. The summed E-state index contributed by atoms with van der Waals surface area (Å²) in [6.45, 7) is 2.74. The average Bonchev–Trinajstić information content (AvgIpc) is 3.34. The van der Waals surface area contributed by atoms with Gasteiger partial charge < -0.3 is 29.4 Å². The maximum absolute atomic E-state index is 13.0. The number of nitrogens with zero attached hydrogens (tertiary/aromatic N) is 1. The van der Waals surface area contributed by atoms with Crippen molar-refractivity contribution in [2.75, 3.05) is 40.5 Å². The van der Waals surface area contributed by atoms with E-state index in [2.05, 4.69) is 16.3 Å². The van der Waals surface area contributed by atoms with Crippen LogP contribution >= 0.6 is 0 Å². The van der Waals surface area contributed by atoms with Crippen LogP contribution in [0.15, 0.2) is 60.2 Å². The zero-order chi connectivity index (χ0) is 26.9. The molecule has 8 nitrogen and oxygen atoms in total. The van der Waals surface area contributed by atoms with E-state index in [9.17, 15) is 9.90 Å². The second kappa shape index (κ2) is 10.5. The van der Waals surface area contributed by atoms with Crippen molar-refractivity contribution in [2.24, 2.45) is 0 Å². The molecule has 3 aromatic rings. The first kappa shape index (κ1) is 25.1. The molecule has 0 saturated carbocycles. The molecule has 2 N–H and O–H groups in total. The zero-order valence-electron chi connectivity index (χ0n) is 22.1. The van der Waals surface area contributed by atoms with Crippen LogP contribution in [0.25, 0.3) is 6.08 Å². The van der Waals surface area contributed by atoms with Crippen LogP contribution in [0.2, 0.25) is 0 Å². The fourth-order valence-electron chi connectivity index (χ4n) is 5.66. The summed E-state index contributed by atoms with van der Waals surface area (Å²) in [6, 6.07) is 16.8. The van der Waals surface area contributed by atoms with Crippen molar-refractivity contribution in [3.63, 3.8) is 0 Å². The Balaban J connectivity index is 1.29. The highest BCUT2D eigenvalue weighted by atomic mass is 16.5. The van der Waals surface area contributed by atoms with Gasteiger partial charge in [0.25, 0.3) is 0 Å². The third kappa shape index (κ3) is 5.25.